The molecule has 2 aliphatic heterocycles. The van der Waals surface area contributed by atoms with Gasteiger partial charge in [-0.3, -0.25) is 4.99 Å². The highest BCUT2D eigenvalue weighted by Gasteiger charge is 2.16. The number of nitrogens with zero attached hydrogens (tertiary/aromatic N) is 3. The van der Waals surface area contributed by atoms with Crippen LogP contribution in [0.4, 0.5) is 0 Å². The fourth-order valence-corrected chi connectivity index (χ4v) is 2.61. The van der Waals surface area contributed by atoms with Crippen LogP contribution < -0.4 is 0 Å². The fourth-order valence-electron chi connectivity index (χ4n) is 2.61. The molecule has 3 heteroatoms. The van der Waals surface area contributed by atoms with Gasteiger partial charge >= 0.3 is 0 Å². The molecule has 0 N–H and O–H groups in total. The first kappa shape index (κ1) is 15.5. The molecule has 0 atom stereocenters. The van der Waals surface area contributed by atoms with Gasteiger partial charge in [0.25, 0.3) is 0 Å². The smallest absolute Gasteiger partial charge is 0.0988 e. The summed E-state index contributed by atoms with van der Waals surface area (Å²) < 4.78 is 0. The number of aliphatic imine (C=N–C) groups is 1. The van der Waals surface area contributed by atoms with Crippen LogP contribution in [0.15, 0.2) is 4.99 Å². The maximum atomic E-state index is 4.55. The van der Waals surface area contributed by atoms with Gasteiger partial charge in [-0.1, -0.05) is 27.2 Å². The lowest BCUT2D eigenvalue weighted by Crippen LogP contribution is -2.34. The van der Waals surface area contributed by atoms with Gasteiger partial charge < -0.3 is 9.80 Å². The van der Waals surface area contributed by atoms with Gasteiger partial charge in [-0.15, -0.1) is 0 Å². The molecule has 2 aliphatic rings. The van der Waals surface area contributed by atoms with Crippen LogP contribution in [0.25, 0.3) is 0 Å². The summed E-state index contributed by atoms with van der Waals surface area (Å²) in [6.07, 6.45) is 6.63. The Labute approximate surface area is 113 Å². The van der Waals surface area contributed by atoms with Gasteiger partial charge in [0.15, 0.2) is 0 Å². The van der Waals surface area contributed by atoms with Crippen LogP contribution in [0.5, 0.6) is 0 Å². The second kappa shape index (κ2) is 9.37. The van der Waals surface area contributed by atoms with Crippen molar-refractivity contribution in [3.8, 4) is 0 Å². The SMILES string of the molecule is C1CCC2=NCCCN2CC1.CCN(CC)CC. The normalized spacial score (nSPS) is 19.6. The molecule has 0 unspecified atom stereocenters. The molecule has 0 amide bonds. The Balaban J connectivity index is 0.000000203. The van der Waals surface area contributed by atoms with E-state index in [2.05, 4.69) is 35.6 Å². The summed E-state index contributed by atoms with van der Waals surface area (Å²) in [6, 6.07) is 0. The Bertz CT molecular complexity index is 228. The highest BCUT2D eigenvalue weighted by atomic mass is 15.2. The van der Waals surface area contributed by atoms with Gasteiger partial charge in [0, 0.05) is 26.1 Å². The molecular formula is C15H31N3. The van der Waals surface area contributed by atoms with Crippen LogP contribution in [0, 0.1) is 0 Å². The zero-order valence-corrected chi connectivity index (χ0v) is 12.6. The van der Waals surface area contributed by atoms with Crippen molar-refractivity contribution < 1.29 is 0 Å². The summed E-state index contributed by atoms with van der Waals surface area (Å²) in [7, 11) is 0. The Morgan fingerprint density at radius 1 is 0.944 bits per heavy atom. The molecular weight excluding hydrogens is 222 g/mol. The molecule has 3 nitrogen and oxygen atoms in total. The van der Waals surface area contributed by atoms with Crippen LogP contribution in [0.3, 0.4) is 0 Å². The molecule has 0 spiro atoms. The van der Waals surface area contributed by atoms with Crippen molar-refractivity contribution in [3.05, 3.63) is 0 Å². The van der Waals surface area contributed by atoms with Crippen molar-refractivity contribution in [2.45, 2.75) is 52.9 Å². The first-order chi connectivity index (χ1) is 8.81. The van der Waals surface area contributed by atoms with E-state index in [1.54, 1.807) is 0 Å². The summed E-state index contributed by atoms with van der Waals surface area (Å²) in [6.45, 7) is 13.7. The van der Waals surface area contributed by atoms with E-state index < -0.39 is 0 Å². The maximum absolute atomic E-state index is 4.55. The minimum absolute atomic E-state index is 1.08. The monoisotopic (exact) mass is 253 g/mol. The molecule has 0 radical (unpaired) electrons. The summed E-state index contributed by atoms with van der Waals surface area (Å²) in [5, 5.41) is 0. The molecule has 0 aromatic rings. The van der Waals surface area contributed by atoms with Crippen molar-refractivity contribution in [3.63, 3.8) is 0 Å². The van der Waals surface area contributed by atoms with Crippen molar-refractivity contribution in [2.24, 2.45) is 4.99 Å². The van der Waals surface area contributed by atoms with E-state index in [0.29, 0.717) is 0 Å². The van der Waals surface area contributed by atoms with Gasteiger partial charge in [-0.25, -0.2) is 0 Å². The van der Waals surface area contributed by atoms with E-state index in [1.165, 1.54) is 70.7 Å². The number of hydrogen-bond acceptors (Lipinski definition) is 3. The third kappa shape index (κ3) is 5.38. The van der Waals surface area contributed by atoms with E-state index in [1.807, 2.05) is 0 Å². The van der Waals surface area contributed by atoms with Crippen LogP contribution in [0.2, 0.25) is 0 Å². The molecule has 0 saturated carbocycles. The van der Waals surface area contributed by atoms with Gasteiger partial charge in [0.05, 0.1) is 5.84 Å². The van der Waals surface area contributed by atoms with Crippen molar-refractivity contribution >= 4 is 5.84 Å². The van der Waals surface area contributed by atoms with Gasteiger partial charge in [0.1, 0.15) is 0 Å². The van der Waals surface area contributed by atoms with Crippen LogP contribution in [-0.2, 0) is 0 Å². The Kier molecular flexibility index (Phi) is 8.06. The molecule has 0 aromatic heterocycles. The van der Waals surface area contributed by atoms with Gasteiger partial charge in [0.2, 0.25) is 0 Å². The highest BCUT2D eigenvalue weighted by molar-refractivity contribution is 5.83. The first-order valence-electron chi connectivity index (χ1n) is 7.82. The number of fused-ring (bicyclic) bond motifs is 1. The number of amidine groups is 1. The summed E-state index contributed by atoms with van der Waals surface area (Å²) in [5.74, 6) is 1.40. The van der Waals surface area contributed by atoms with Gasteiger partial charge in [-0.2, -0.15) is 0 Å². The zero-order valence-electron chi connectivity index (χ0n) is 12.6. The third-order valence-electron chi connectivity index (χ3n) is 3.92. The average Bonchev–Trinajstić information content (AvgIpc) is 2.66. The molecule has 0 aliphatic carbocycles. The third-order valence-corrected chi connectivity index (χ3v) is 3.92. The summed E-state index contributed by atoms with van der Waals surface area (Å²) in [4.78, 5) is 9.41. The number of rotatable bonds is 3. The van der Waals surface area contributed by atoms with E-state index in [4.69, 9.17) is 0 Å². The van der Waals surface area contributed by atoms with Gasteiger partial charge in [-0.05, 0) is 38.9 Å². The van der Waals surface area contributed by atoms with Crippen LogP contribution in [0.1, 0.15) is 52.9 Å². The zero-order chi connectivity index (χ0) is 13.2. The topological polar surface area (TPSA) is 18.8 Å². The lowest BCUT2D eigenvalue weighted by molar-refractivity contribution is 0.321. The summed E-state index contributed by atoms with van der Waals surface area (Å²) in [5.41, 5.74) is 0. The standard InChI is InChI=1S/C9H16N2.C6H15N/c1-2-5-9-10-6-4-8-11(9)7-3-1;1-4-7(5-2)6-3/h1-8H2;4-6H2,1-3H3. The highest BCUT2D eigenvalue weighted by Crippen LogP contribution is 2.15. The number of hydrogen-bond donors (Lipinski definition) is 0. The largest absolute Gasteiger partial charge is 0.360 e. The predicted octanol–water partition coefficient (Wildman–Crippen LogP) is 3.01. The van der Waals surface area contributed by atoms with E-state index in [9.17, 15) is 0 Å². The Morgan fingerprint density at radius 2 is 1.61 bits per heavy atom. The predicted molar refractivity (Wildman–Crippen MR) is 80.4 cm³/mol. The fraction of sp³-hybridized carbons (Fsp3) is 0.933. The second-order valence-electron chi connectivity index (χ2n) is 5.07. The molecule has 2 rings (SSSR count). The van der Waals surface area contributed by atoms with E-state index >= 15 is 0 Å². The lowest BCUT2D eigenvalue weighted by atomic mass is 10.2. The van der Waals surface area contributed by atoms with Crippen molar-refractivity contribution in [1.29, 1.82) is 0 Å². The Morgan fingerprint density at radius 3 is 2.22 bits per heavy atom. The molecule has 0 bridgehead atoms. The molecule has 18 heavy (non-hydrogen) atoms. The van der Waals surface area contributed by atoms with Crippen LogP contribution >= 0.6 is 0 Å². The second-order valence-corrected chi connectivity index (χ2v) is 5.07. The van der Waals surface area contributed by atoms with E-state index in [0.717, 1.165) is 6.54 Å². The van der Waals surface area contributed by atoms with Crippen LogP contribution in [-0.4, -0.2) is 54.9 Å². The minimum Gasteiger partial charge on any atom is -0.360 e. The summed E-state index contributed by atoms with van der Waals surface area (Å²) >= 11 is 0. The maximum Gasteiger partial charge on any atom is 0.0988 e. The molecule has 0 aromatic carbocycles. The minimum atomic E-state index is 1.08. The molecule has 2 heterocycles. The van der Waals surface area contributed by atoms with Crippen molar-refractivity contribution in [2.75, 3.05) is 39.3 Å². The van der Waals surface area contributed by atoms with E-state index in [-0.39, 0.29) is 0 Å². The Hall–Kier alpha value is -0.570. The molecule has 1 saturated heterocycles. The average molecular weight is 253 g/mol. The molecule has 1 fully saturated rings. The van der Waals surface area contributed by atoms with Crippen molar-refractivity contribution in [1.82, 2.24) is 9.80 Å². The lowest BCUT2D eigenvalue weighted by Gasteiger charge is -2.27. The quantitative estimate of drug-likeness (QED) is 0.770. The molecule has 106 valence electrons. The first-order valence-corrected chi connectivity index (χ1v) is 7.82.